The van der Waals surface area contributed by atoms with Crippen LogP contribution in [0.5, 0.6) is 5.75 Å². The van der Waals surface area contributed by atoms with E-state index in [0.29, 0.717) is 23.9 Å². The Bertz CT molecular complexity index is 1320. The molecule has 206 valence electrons. The minimum atomic E-state index is -0.148. The zero-order valence-corrected chi connectivity index (χ0v) is 23.9. The molecule has 2 aliphatic rings. The first-order valence-corrected chi connectivity index (χ1v) is 14.3. The molecule has 3 heterocycles. The second-order valence-corrected chi connectivity index (χ2v) is 10.9. The number of benzene rings is 2. The van der Waals surface area contributed by atoms with Crippen LogP contribution in [0.2, 0.25) is 0 Å². The molecule has 2 fully saturated rings. The highest BCUT2D eigenvalue weighted by Gasteiger charge is 2.16. The number of hydrogen-bond acceptors (Lipinski definition) is 8. The minimum Gasteiger partial charge on any atom is -0.491 e. The number of halogens is 1. The Morgan fingerprint density at radius 1 is 1.13 bits per heavy atom. The van der Waals surface area contributed by atoms with Crippen molar-refractivity contribution in [3.63, 3.8) is 0 Å². The van der Waals surface area contributed by atoms with Crippen molar-refractivity contribution in [2.24, 2.45) is 0 Å². The van der Waals surface area contributed by atoms with E-state index in [9.17, 15) is 4.79 Å². The van der Waals surface area contributed by atoms with Gasteiger partial charge in [0.25, 0.3) is 0 Å². The van der Waals surface area contributed by atoms with Gasteiger partial charge in [-0.1, -0.05) is 27.6 Å². The zero-order chi connectivity index (χ0) is 27.0. The summed E-state index contributed by atoms with van der Waals surface area (Å²) in [5, 5.41) is 7.25. The topological polar surface area (TPSA) is 91.9 Å². The number of nitrogens with one attached hydrogen (secondary N) is 2. The number of amides is 1. The summed E-state index contributed by atoms with van der Waals surface area (Å²) >= 11 is 3.52. The van der Waals surface area contributed by atoms with Crippen LogP contribution in [0.15, 0.2) is 58.8 Å². The van der Waals surface area contributed by atoms with Gasteiger partial charge in [0.05, 0.1) is 31.0 Å². The quantitative estimate of drug-likeness (QED) is 0.269. The number of piperidine rings is 1. The third-order valence-electron chi connectivity index (χ3n) is 7.03. The van der Waals surface area contributed by atoms with Gasteiger partial charge in [0.15, 0.2) is 0 Å². The summed E-state index contributed by atoms with van der Waals surface area (Å²) in [6.07, 6.45) is 5.96. The Labute approximate surface area is 237 Å². The standard InChI is InChI=1S/C29H35BrN6O3/c1-35-9-6-21(7-10-35)16-28(37)34-26-18-24-25(19-27(26)39-13-3-8-36-11-14-38-15-12-36)31-20-32-29(24)33-23-5-2-4-22(30)17-23/h2,4-5,16-20H,3,6-15H2,1H3,(H,34,37)(H,31,32,33). The summed E-state index contributed by atoms with van der Waals surface area (Å²) in [7, 11) is 2.11. The fourth-order valence-electron chi connectivity index (χ4n) is 4.80. The van der Waals surface area contributed by atoms with E-state index in [1.807, 2.05) is 36.4 Å². The van der Waals surface area contributed by atoms with Gasteiger partial charge in [-0.2, -0.15) is 0 Å². The molecule has 2 aromatic carbocycles. The summed E-state index contributed by atoms with van der Waals surface area (Å²) < 4.78 is 12.6. The van der Waals surface area contributed by atoms with Gasteiger partial charge in [0.2, 0.25) is 5.91 Å². The molecule has 0 bridgehead atoms. The number of anilines is 3. The molecule has 9 nitrogen and oxygen atoms in total. The zero-order valence-electron chi connectivity index (χ0n) is 22.3. The number of likely N-dealkylation sites (tertiary alicyclic amines) is 1. The highest BCUT2D eigenvalue weighted by atomic mass is 79.9. The van der Waals surface area contributed by atoms with Gasteiger partial charge in [-0.25, -0.2) is 9.97 Å². The molecule has 3 aromatic rings. The number of hydrogen-bond donors (Lipinski definition) is 2. The van der Waals surface area contributed by atoms with Crippen molar-refractivity contribution in [1.29, 1.82) is 0 Å². The second kappa shape index (κ2) is 13.3. The number of carbonyl (C=O) groups is 1. The van der Waals surface area contributed by atoms with Gasteiger partial charge >= 0.3 is 0 Å². The van der Waals surface area contributed by atoms with E-state index in [4.69, 9.17) is 9.47 Å². The highest BCUT2D eigenvalue weighted by molar-refractivity contribution is 9.10. The van der Waals surface area contributed by atoms with Crippen molar-refractivity contribution < 1.29 is 14.3 Å². The maximum atomic E-state index is 13.1. The first kappa shape index (κ1) is 27.5. The molecule has 0 saturated carbocycles. The Kier molecular flexibility index (Phi) is 9.41. The Morgan fingerprint density at radius 3 is 2.74 bits per heavy atom. The molecule has 2 aliphatic heterocycles. The van der Waals surface area contributed by atoms with E-state index >= 15 is 0 Å². The fourth-order valence-corrected chi connectivity index (χ4v) is 5.20. The number of rotatable bonds is 9. The van der Waals surface area contributed by atoms with Crippen LogP contribution in [0, 0.1) is 0 Å². The van der Waals surface area contributed by atoms with Crippen molar-refractivity contribution in [2.45, 2.75) is 19.3 Å². The lowest BCUT2D eigenvalue weighted by Crippen LogP contribution is -2.37. The minimum absolute atomic E-state index is 0.148. The number of aromatic nitrogens is 2. The predicted molar refractivity (Wildman–Crippen MR) is 158 cm³/mol. The van der Waals surface area contributed by atoms with Crippen LogP contribution in [0.3, 0.4) is 0 Å². The third kappa shape index (κ3) is 7.76. The number of ether oxygens (including phenoxy) is 2. The normalized spacial score (nSPS) is 16.7. The number of fused-ring (bicyclic) bond motifs is 1. The van der Waals surface area contributed by atoms with Crippen molar-refractivity contribution in [1.82, 2.24) is 19.8 Å². The van der Waals surface area contributed by atoms with E-state index in [1.54, 1.807) is 6.08 Å². The number of nitrogens with zero attached hydrogens (tertiary/aromatic N) is 4. The third-order valence-corrected chi connectivity index (χ3v) is 7.52. The maximum absolute atomic E-state index is 13.1. The molecule has 0 spiro atoms. The summed E-state index contributed by atoms with van der Waals surface area (Å²) in [4.78, 5) is 26.7. The lowest BCUT2D eigenvalue weighted by molar-refractivity contribution is -0.112. The van der Waals surface area contributed by atoms with E-state index in [1.165, 1.54) is 11.9 Å². The smallest absolute Gasteiger partial charge is 0.248 e. The van der Waals surface area contributed by atoms with Crippen molar-refractivity contribution in [2.75, 3.05) is 70.2 Å². The molecule has 2 N–H and O–H groups in total. The van der Waals surface area contributed by atoms with Crippen molar-refractivity contribution in [3.8, 4) is 5.75 Å². The van der Waals surface area contributed by atoms with Crippen LogP contribution in [-0.4, -0.2) is 85.3 Å². The Hall–Kier alpha value is -3.05. The molecule has 1 aromatic heterocycles. The molecule has 10 heteroatoms. The van der Waals surface area contributed by atoms with Gasteiger partial charge in [-0.3, -0.25) is 9.69 Å². The molecule has 0 aliphatic carbocycles. The van der Waals surface area contributed by atoms with E-state index in [0.717, 1.165) is 86.3 Å². The molecule has 1 amide bonds. The SMILES string of the molecule is CN1CCC(=CC(=O)Nc2cc3c(Nc4cccc(Br)c4)ncnc3cc2OCCCN2CCOCC2)CC1. The first-order chi connectivity index (χ1) is 19.0. The average Bonchev–Trinajstić information content (AvgIpc) is 2.93. The van der Waals surface area contributed by atoms with E-state index < -0.39 is 0 Å². The fraction of sp³-hybridized carbons (Fsp3) is 0.414. The Balaban J connectivity index is 1.37. The lowest BCUT2D eigenvalue weighted by Gasteiger charge is -2.26. The maximum Gasteiger partial charge on any atom is 0.248 e. The van der Waals surface area contributed by atoms with Gasteiger partial charge in [0.1, 0.15) is 17.9 Å². The number of morpholine rings is 1. The van der Waals surface area contributed by atoms with Gasteiger partial charge < -0.3 is 25.0 Å². The molecule has 5 rings (SSSR count). The number of carbonyl (C=O) groups excluding carboxylic acids is 1. The van der Waals surface area contributed by atoms with Crippen LogP contribution in [0.25, 0.3) is 10.9 Å². The van der Waals surface area contributed by atoms with E-state index in [-0.39, 0.29) is 5.91 Å². The largest absolute Gasteiger partial charge is 0.491 e. The molecule has 39 heavy (non-hydrogen) atoms. The van der Waals surface area contributed by atoms with Gasteiger partial charge in [-0.15, -0.1) is 0 Å². The van der Waals surface area contributed by atoms with Crippen LogP contribution in [-0.2, 0) is 9.53 Å². The summed E-state index contributed by atoms with van der Waals surface area (Å²) in [6.45, 7) is 6.88. The summed E-state index contributed by atoms with van der Waals surface area (Å²) in [5.74, 6) is 1.11. The lowest BCUT2D eigenvalue weighted by atomic mass is 10.0. The van der Waals surface area contributed by atoms with Crippen LogP contribution in [0.1, 0.15) is 19.3 Å². The molecule has 0 atom stereocenters. The molecule has 2 saturated heterocycles. The molecular weight excluding hydrogens is 560 g/mol. The van der Waals surface area contributed by atoms with Crippen LogP contribution >= 0.6 is 15.9 Å². The average molecular weight is 596 g/mol. The molecule has 0 radical (unpaired) electrons. The van der Waals surface area contributed by atoms with E-state index in [2.05, 4.69) is 53.4 Å². The van der Waals surface area contributed by atoms with Crippen LogP contribution < -0.4 is 15.4 Å². The van der Waals surface area contributed by atoms with Gasteiger partial charge in [0, 0.05) is 60.4 Å². The highest BCUT2D eigenvalue weighted by Crippen LogP contribution is 2.34. The van der Waals surface area contributed by atoms with Gasteiger partial charge in [-0.05, 0) is 50.6 Å². The summed E-state index contributed by atoms with van der Waals surface area (Å²) in [5.41, 5.74) is 3.40. The predicted octanol–water partition coefficient (Wildman–Crippen LogP) is 4.83. The molecular formula is C29H35BrN6O3. The molecule has 0 unspecified atom stereocenters. The van der Waals surface area contributed by atoms with Crippen molar-refractivity contribution >= 4 is 49.9 Å². The van der Waals surface area contributed by atoms with Crippen LogP contribution in [0.4, 0.5) is 17.2 Å². The first-order valence-electron chi connectivity index (χ1n) is 13.5. The Morgan fingerprint density at radius 2 is 1.95 bits per heavy atom. The monoisotopic (exact) mass is 594 g/mol. The van der Waals surface area contributed by atoms with Crippen molar-refractivity contribution in [3.05, 3.63) is 58.8 Å². The summed E-state index contributed by atoms with van der Waals surface area (Å²) in [6, 6.07) is 11.7. The second-order valence-electron chi connectivity index (χ2n) is 9.97.